The van der Waals surface area contributed by atoms with Crippen molar-refractivity contribution in [1.82, 2.24) is 4.90 Å². The van der Waals surface area contributed by atoms with Gasteiger partial charge in [0.2, 0.25) is 5.91 Å². The number of allylic oxidation sites excluding steroid dienone is 1. The largest absolute Gasteiger partial charge is 0.376 e. The number of carbonyl (C=O) groups is 1. The summed E-state index contributed by atoms with van der Waals surface area (Å²) >= 11 is 0. The predicted molar refractivity (Wildman–Crippen MR) is 88.9 cm³/mol. The fourth-order valence-electron chi connectivity index (χ4n) is 3.84. The number of carbonyl (C=O) groups excluding carboxylic acids is 1. The molecule has 0 saturated carbocycles. The first-order valence-corrected chi connectivity index (χ1v) is 10.6. The summed E-state index contributed by atoms with van der Waals surface area (Å²) in [6, 6.07) is -0.166. The predicted octanol–water partition coefficient (Wildman–Crippen LogP) is 2.07. The molecule has 6 heteroatoms. The molecule has 0 spiro atoms. The summed E-state index contributed by atoms with van der Waals surface area (Å²) in [7, 11) is -2.99. The average molecular weight is 341 g/mol. The van der Waals surface area contributed by atoms with Crippen molar-refractivity contribution < 1.29 is 17.9 Å². The first kappa shape index (κ1) is 17.0. The molecule has 1 aliphatic carbocycles. The Morgan fingerprint density at radius 3 is 2.74 bits per heavy atom. The van der Waals surface area contributed by atoms with Crippen LogP contribution in [0.5, 0.6) is 0 Å². The number of hydrogen-bond acceptors (Lipinski definition) is 4. The van der Waals surface area contributed by atoms with E-state index >= 15 is 0 Å². The van der Waals surface area contributed by atoms with Crippen LogP contribution in [-0.2, 0) is 19.4 Å². The average Bonchev–Trinajstić information content (AvgIpc) is 3.15. The highest BCUT2D eigenvalue weighted by Gasteiger charge is 2.36. The Morgan fingerprint density at radius 1 is 1.26 bits per heavy atom. The second-order valence-corrected chi connectivity index (χ2v) is 9.25. The second-order valence-electron chi connectivity index (χ2n) is 7.02. The van der Waals surface area contributed by atoms with Gasteiger partial charge in [-0.2, -0.15) is 0 Å². The topological polar surface area (TPSA) is 63.7 Å². The van der Waals surface area contributed by atoms with E-state index in [0.717, 1.165) is 38.7 Å². The van der Waals surface area contributed by atoms with E-state index in [0.29, 0.717) is 19.4 Å². The van der Waals surface area contributed by atoms with Gasteiger partial charge in [0.15, 0.2) is 9.84 Å². The van der Waals surface area contributed by atoms with E-state index in [1.54, 1.807) is 0 Å². The molecule has 0 unspecified atom stereocenters. The van der Waals surface area contributed by atoms with E-state index < -0.39 is 9.84 Å². The number of nitrogens with zero attached hydrogens (tertiary/aromatic N) is 1. The van der Waals surface area contributed by atoms with Crippen LogP contribution < -0.4 is 0 Å². The van der Waals surface area contributed by atoms with Gasteiger partial charge in [-0.15, -0.1) is 0 Å². The third-order valence-corrected chi connectivity index (χ3v) is 6.91. The lowest BCUT2D eigenvalue weighted by Crippen LogP contribution is -2.45. The van der Waals surface area contributed by atoms with Gasteiger partial charge >= 0.3 is 0 Å². The van der Waals surface area contributed by atoms with Crippen molar-refractivity contribution in [3.8, 4) is 0 Å². The van der Waals surface area contributed by atoms with Gasteiger partial charge in [0.05, 0.1) is 17.6 Å². The molecule has 0 aromatic heterocycles. The molecule has 0 N–H and O–H groups in total. The van der Waals surface area contributed by atoms with Gasteiger partial charge in [-0.3, -0.25) is 4.79 Å². The Morgan fingerprint density at radius 2 is 2.13 bits per heavy atom. The third kappa shape index (κ3) is 4.57. The van der Waals surface area contributed by atoms with Crippen LogP contribution in [0.1, 0.15) is 51.4 Å². The van der Waals surface area contributed by atoms with E-state index in [4.69, 9.17) is 4.74 Å². The zero-order valence-corrected chi connectivity index (χ0v) is 14.5. The maximum Gasteiger partial charge on any atom is 0.227 e. The van der Waals surface area contributed by atoms with Gasteiger partial charge < -0.3 is 9.64 Å². The SMILES string of the molecule is O=C(CC1=CCCCC1)N(C[C@H]1CCCO1)[C@@H]1CCS(=O)(=O)C1. The van der Waals surface area contributed by atoms with Crippen molar-refractivity contribution in [2.75, 3.05) is 24.7 Å². The van der Waals surface area contributed by atoms with Gasteiger partial charge in [0, 0.05) is 25.6 Å². The highest BCUT2D eigenvalue weighted by molar-refractivity contribution is 7.91. The van der Waals surface area contributed by atoms with E-state index in [2.05, 4.69) is 6.08 Å². The molecule has 23 heavy (non-hydrogen) atoms. The first-order chi connectivity index (χ1) is 11.0. The molecule has 0 radical (unpaired) electrons. The van der Waals surface area contributed by atoms with Crippen LogP contribution in [0.2, 0.25) is 0 Å². The van der Waals surface area contributed by atoms with Crippen molar-refractivity contribution in [3.63, 3.8) is 0 Å². The lowest BCUT2D eigenvalue weighted by molar-refractivity contribution is -0.134. The Bertz CT molecular complexity index is 563. The first-order valence-electron chi connectivity index (χ1n) is 8.83. The number of sulfone groups is 1. The minimum absolute atomic E-state index is 0.0718. The minimum atomic E-state index is -2.99. The highest BCUT2D eigenvalue weighted by Crippen LogP contribution is 2.25. The van der Waals surface area contributed by atoms with Crippen molar-refractivity contribution in [2.24, 2.45) is 0 Å². The zero-order chi connectivity index (χ0) is 16.3. The molecular formula is C17H27NO4S. The van der Waals surface area contributed by atoms with Gasteiger partial charge in [0.25, 0.3) is 0 Å². The summed E-state index contributed by atoms with van der Waals surface area (Å²) in [5, 5.41) is 0. The van der Waals surface area contributed by atoms with E-state index in [-0.39, 0.29) is 29.6 Å². The maximum atomic E-state index is 12.8. The molecule has 0 aromatic carbocycles. The summed E-state index contributed by atoms with van der Waals surface area (Å²) in [5.41, 5.74) is 1.22. The van der Waals surface area contributed by atoms with E-state index in [9.17, 15) is 13.2 Å². The molecule has 3 rings (SSSR count). The molecule has 2 heterocycles. The number of amides is 1. The third-order valence-electron chi connectivity index (χ3n) is 5.16. The Kier molecular flexibility index (Phi) is 5.42. The summed E-state index contributed by atoms with van der Waals surface area (Å²) < 4.78 is 29.3. The van der Waals surface area contributed by atoms with Gasteiger partial charge in [-0.05, 0) is 44.9 Å². The molecule has 5 nitrogen and oxygen atoms in total. The molecule has 3 aliphatic rings. The minimum Gasteiger partial charge on any atom is -0.376 e. The normalized spacial score (nSPS) is 30.2. The fourth-order valence-corrected chi connectivity index (χ4v) is 5.58. The van der Waals surface area contributed by atoms with E-state index in [1.165, 1.54) is 12.0 Å². The van der Waals surface area contributed by atoms with Gasteiger partial charge in [-0.25, -0.2) is 8.42 Å². The van der Waals surface area contributed by atoms with Crippen LogP contribution >= 0.6 is 0 Å². The summed E-state index contributed by atoms with van der Waals surface area (Å²) in [6.45, 7) is 1.30. The fraction of sp³-hybridized carbons (Fsp3) is 0.824. The monoisotopic (exact) mass is 341 g/mol. The van der Waals surface area contributed by atoms with Crippen LogP contribution in [0.3, 0.4) is 0 Å². The smallest absolute Gasteiger partial charge is 0.227 e. The summed E-state index contributed by atoms with van der Waals surface area (Å²) in [6.07, 6.45) is 9.70. The number of ether oxygens (including phenoxy) is 1. The maximum absolute atomic E-state index is 12.8. The molecule has 0 aromatic rings. The zero-order valence-electron chi connectivity index (χ0n) is 13.7. The molecule has 2 aliphatic heterocycles. The van der Waals surface area contributed by atoms with Crippen LogP contribution in [0.25, 0.3) is 0 Å². The molecule has 130 valence electrons. The Balaban J connectivity index is 1.68. The molecule has 2 fully saturated rings. The molecule has 2 atom stereocenters. The molecule has 1 amide bonds. The highest BCUT2D eigenvalue weighted by atomic mass is 32.2. The second kappa shape index (κ2) is 7.34. The van der Waals surface area contributed by atoms with Crippen LogP contribution in [0.15, 0.2) is 11.6 Å². The lowest BCUT2D eigenvalue weighted by atomic mass is 9.96. The van der Waals surface area contributed by atoms with Crippen LogP contribution in [0.4, 0.5) is 0 Å². The van der Waals surface area contributed by atoms with Crippen LogP contribution in [-0.4, -0.2) is 56.0 Å². The van der Waals surface area contributed by atoms with Crippen molar-refractivity contribution >= 4 is 15.7 Å². The van der Waals surface area contributed by atoms with Crippen molar-refractivity contribution in [1.29, 1.82) is 0 Å². The molecule has 2 saturated heterocycles. The standard InChI is InChI=1S/C17H27NO4S/c19-17(11-14-5-2-1-3-6-14)18(12-16-7-4-9-22-16)15-8-10-23(20,21)13-15/h5,15-16H,1-4,6-13H2/t15-,16-/m1/s1. The van der Waals surface area contributed by atoms with Crippen LogP contribution in [0, 0.1) is 0 Å². The van der Waals surface area contributed by atoms with Gasteiger partial charge in [-0.1, -0.05) is 11.6 Å². The molecule has 0 bridgehead atoms. The molecular weight excluding hydrogens is 314 g/mol. The number of hydrogen-bond donors (Lipinski definition) is 0. The lowest BCUT2D eigenvalue weighted by Gasteiger charge is -2.31. The Labute approximate surface area is 139 Å². The summed E-state index contributed by atoms with van der Waals surface area (Å²) in [5.74, 6) is 0.399. The van der Waals surface area contributed by atoms with Gasteiger partial charge in [0.1, 0.15) is 0 Å². The Hall–Kier alpha value is -0.880. The quantitative estimate of drug-likeness (QED) is 0.718. The van der Waals surface area contributed by atoms with E-state index in [1.807, 2.05) is 4.90 Å². The number of rotatable bonds is 5. The van der Waals surface area contributed by atoms with Crippen molar-refractivity contribution in [3.05, 3.63) is 11.6 Å². The van der Waals surface area contributed by atoms with Crippen molar-refractivity contribution in [2.45, 2.75) is 63.5 Å². The summed E-state index contributed by atoms with van der Waals surface area (Å²) in [4.78, 5) is 14.6.